The summed E-state index contributed by atoms with van der Waals surface area (Å²) in [6.07, 6.45) is 0.0782. The Morgan fingerprint density at radius 3 is 2.10 bits per heavy atom. The van der Waals surface area contributed by atoms with Crippen molar-refractivity contribution in [1.29, 1.82) is 0 Å². The monoisotopic (exact) mass is 294 g/mol. The van der Waals surface area contributed by atoms with Gasteiger partial charge in [-0.05, 0) is 44.0 Å². The number of urea groups is 1. The Morgan fingerprint density at radius 1 is 1.10 bits per heavy atom. The molecule has 6 nitrogen and oxygen atoms in total. The molecule has 0 aliphatic carbocycles. The first-order valence-corrected chi connectivity index (χ1v) is 6.86. The molecule has 0 radical (unpaired) electrons. The number of carboxylic acid groups (broad SMARTS) is 1. The number of carboxylic acids is 1. The molecule has 1 aromatic rings. The van der Waals surface area contributed by atoms with Crippen molar-refractivity contribution in [2.24, 2.45) is 5.92 Å². The minimum Gasteiger partial charge on any atom is -0.491 e. The number of hydrogen-bond donors (Lipinski definition) is 3. The second-order valence-corrected chi connectivity index (χ2v) is 5.35. The van der Waals surface area contributed by atoms with Gasteiger partial charge in [0.1, 0.15) is 11.8 Å². The smallest absolute Gasteiger partial charge is 0.326 e. The summed E-state index contributed by atoms with van der Waals surface area (Å²) < 4.78 is 5.50. The lowest BCUT2D eigenvalue weighted by Crippen LogP contribution is -2.46. The Labute approximate surface area is 124 Å². The number of rotatable bonds is 6. The van der Waals surface area contributed by atoms with Crippen LogP contribution in [0.3, 0.4) is 0 Å². The topological polar surface area (TPSA) is 87.7 Å². The Hall–Kier alpha value is -2.24. The van der Waals surface area contributed by atoms with Crippen LogP contribution >= 0.6 is 0 Å². The summed E-state index contributed by atoms with van der Waals surface area (Å²) in [5, 5.41) is 14.0. The highest BCUT2D eigenvalue weighted by atomic mass is 16.5. The predicted octanol–water partition coefficient (Wildman–Crippen LogP) is 2.70. The van der Waals surface area contributed by atoms with Crippen LogP contribution in [0.5, 0.6) is 5.75 Å². The Balaban J connectivity index is 2.60. The molecule has 1 aromatic carbocycles. The fourth-order valence-electron chi connectivity index (χ4n) is 1.71. The molecule has 0 saturated heterocycles. The van der Waals surface area contributed by atoms with E-state index in [2.05, 4.69) is 10.6 Å². The number of aliphatic carboxylic acids is 1. The molecule has 2 amide bonds. The molecule has 0 saturated carbocycles. The summed E-state index contributed by atoms with van der Waals surface area (Å²) in [6, 6.07) is 5.41. The first-order valence-electron chi connectivity index (χ1n) is 6.86. The number of hydrogen-bond acceptors (Lipinski definition) is 3. The molecular formula is C15H22N2O4. The van der Waals surface area contributed by atoms with Crippen LogP contribution in [0.4, 0.5) is 10.5 Å². The van der Waals surface area contributed by atoms with E-state index in [1.807, 2.05) is 13.8 Å². The van der Waals surface area contributed by atoms with Crippen LogP contribution in [-0.2, 0) is 4.79 Å². The number of ether oxygens (including phenoxy) is 1. The van der Waals surface area contributed by atoms with Gasteiger partial charge in [0, 0.05) is 5.69 Å². The normalized spacial score (nSPS) is 12.1. The summed E-state index contributed by atoms with van der Waals surface area (Å²) >= 11 is 0. The van der Waals surface area contributed by atoms with E-state index in [1.165, 1.54) is 0 Å². The fourth-order valence-corrected chi connectivity index (χ4v) is 1.71. The number of amides is 2. The summed E-state index contributed by atoms with van der Waals surface area (Å²) in [4.78, 5) is 22.8. The van der Waals surface area contributed by atoms with Crippen molar-refractivity contribution in [2.45, 2.75) is 39.8 Å². The lowest BCUT2D eigenvalue weighted by molar-refractivity contribution is -0.140. The maximum absolute atomic E-state index is 11.8. The van der Waals surface area contributed by atoms with Crippen molar-refractivity contribution >= 4 is 17.7 Å². The predicted molar refractivity (Wildman–Crippen MR) is 80.6 cm³/mol. The van der Waals surface area contributed by atoms with Crippen molar-refractivity contribution in [3.8, 4) is 5.75 Å². The van der Waals surface area contributed by atoms with Gasteiger partial charge in [0.25, 0.3) is 0 Å². The molecule has 0 fully saturated rings. The zero-order chi connectivity index (χ0) is 16.0. The van der Waals surface area contributed by atoms with Crippen LogP contribution in [0.25, 0.3) is 0 Å². The van der Waals surface area contributed by atoms with Crippen LogP contribution in [0.1, 0.15) is 27.7 Å². The van der Waals surface area contributed by atoms with Gasteiger partial charge < -0.3 is 20.5 Å². The highest BCUT2D eigenvalue weighted by Crippen LogP contribution is 2.16. The third-order valence-corrected chi connectivity index (χ3v) is 2.70. The number of anilines is 1. The van der Waals surface area contributed by atoms with E-state index in [0.29, 0.717) is 11.4 Å². The molecule has 21 heavy (non-hydrogen) atoms. The average Bonchev–Trinajstić information content (AvgIpc) is 2.37. The number of benzene rings is 1. The van der Waals surface area contributed by atoms with Gasteiger partial charge in [0.15, 0.2) is 0 Å². The zero-order valence-electron chi connectivity index (χ0n) is 12.7. The number of nitrogens with one attached hydrogen (secondary N) is 2. The molecular weight excluding hydrogens is 272 g/mol. The molecule has 0 unspecified atom stereocenters. The molecule has 6 heteroatoms. The van der Waals surface area contributed by atoms with E-state index in [4.69, 9.17) is 9.84 Å². The third-order valence-electron chi connectivity index (χ3n) is 2.70. The first kappa shape index (κ1) is 16.8. The summed E-state index contributed by atoms with van der Waals surface area (Å²) in [6.45, 7) is 7.32. The largest absolute Gasteiger partial charge is 0.491 e. The van der Waals surface area contributed by atoms with Gasteiger partial charge in [-0.1, -0.05) is 13.8 Å². The van der Waals surface area contributed by atoms with Gasteiger partial charge >= 0.3 is 12.0 Å². The SMILES string of the molecule is CC(C)Oc1ccc(NC(=O)N[C@H](C(=O)O)C(C)C)cc1. The van der Waals surface area contributed by atoms with E-state index in [9.17, 15) is 9.59 Å². The van der Waals surface area contributed by atoms with E-state index < -0.39 is 18.0 Å². The number of carbonyl (C=O) groups excluding carboxylic acids is 1. The van der Waals surface area contributed by atoms with Crippen molar-refractivity contribution in [3.63, 3.8) is 0 Å². The molecule has 0 heterocycles. The fraction of sp³-hybridized carbons (Fsp3) is 0.467. The molecule has 1 atom stereocenters. The van der Waals surface area contributed by atoms with Crippen molar-refractivity contribution in [1.82, 2.24) is 5.32 Å². The first-order chi connectivity index (χ1) is 9.79. The molecule has 1 rings (SSSR count). The second kappa shape index (κ2) is 7.52. The molecule has 0 aromatic heterocycles. The Kier molecular flexibility index (Phi) is 6.02. The van der Waals surface area contributed by atoms with Crippen LogP contribution < -0.4 is 15.4 Å². The maximum Gasteiger partial charge on any atom is 0.326 e. The van der Waals surface area contributed by atoms with Gasteiger partial charge in [-0.3, -0.25) is 0 Å². The standard InChI is InChI=1S/C15H22N2O4/c1-9(2)13(14(18)19)17-15(20)16-11-5-7-12(8-6-11)21-10(3)4/h5-10,13H,1-4H3,(H,18,19)(H2,16,17,20)/t13-/m0/s1. The highest BCUT2D eigenvalue weighted by molar-refractivity contribution is 5.92. The van der Waals surface area contributed by atoms with E-state index in [1.54, 1.807) is 38.1 Å². The van der Waals surface area contributed by atoms with Gasteiger partial charge in [-0.25, -0.2) is 9.59 Å². The lowest BCUT2D eigenvalue weighted by atomic mass is 10.1. The minimum absolute atomic E-state index is 0.0782. The maximum atomic E-state index is 11.8. The molecule has 0 aliphatic rings. The highest BCUT2D eigenvalue weighted by Gasteiger charge is 2.23. The lowest BCUT2D eigenvalue weighted by Gasteiger charge is -2.18. The van der Waals surface area contributed by atoms with Crippen LogP contribution in [0, 0.1) is 5.92 Å². The van der Waals surface area contributed by atoms with E-state index in [0.717, 1.165) is 0 Å². The van der Waals surface area contributed by atoms with Crippen molar-refractivity contribution in [3.05, 3.63) is 24.3 Å². The minimum atomic E-state index is -1.05. The van der Waals surface area contributed by atoms with Crippen LogP contribution in [0.15, 0.2) is 24.3 Å². The van der Waals surface area contributed by atoms with Crippen molar-refractivity contribution < 1.29 is 19.4 Å². The Bertz CT molecular complexity index is 483. The molecule has 116 valence electrons. The Morgan fingerprint density at radius 2 is 1.67 bits per heavy atom. The quantitative estimate of drug-likeness (QED) is 0.752. The molecule has 0 bridgehead atoms. The van der Waals surface area contributed by atoms with Crippen LogP contribution in [0.2, 0.25) is 0 Å². The van der Waals surface area contributed by atoms with Gasteiger partial charge in [-0.2, -0.15) is 0 Å². The second-order valence-electron chi connectivity index (χ2n) is 5.35. The number of carbonyl (C=O) groups is 2. The van der Waals surface area contributed by atoms with Gasteiger partial charge in [0.05, 0.1) is 6.10 Å². The van der Waals surface area contributed by atoms with Crippen LogP contribution in [-0.4, -0.2) is 29.3 Å². The van der Waals surface area contributed by atoms with E-state index in [-0.39, 0.29) is 12.0 Å². The third kappa shape index (κ3) is 5.72. The van der Waals surface area contributed by atoms with Crippen molar-refractivity contribution in [2.75, 3.05) is 5.32 Å². The zero-order valence-corrected chi connectivity index (χ0v) is 12.7. The van der Waals surface area contributed by atoms with Gasteiger partial charge in [0.2, 0.25) is 0 Å². The van der Waals surface area contributed by atoms with Gasteiger partial charge in [-0.15, -0.1) is 0 Å². The molecule has 3 N–H and O–H groups in total. The molecule has 0 aliphatic heterocycles. The average molecular weight is 294 g/mol. The summed E-state index contributed by atoms with van der Waals surface area (Å²) in [5.74, 6) is -0.544. The summed E-state index contributed by atoms with van der Waals surface area (Å²) in [7, 11) is 0. The molecule has 0 spiro atoms. The van der Waals surface area contributed by atoms with E-state index >= 15 is 0 Å². The summed E-state index contributed by atoms with van der Waals surface area (Å²) in [5.41, 5.74) is 0.566.